The van der Waals surface area contributed by atoms with Gasteiger partial charge in [0.15, 0.2) is 0 Å². The summed E-state index contributed by atoms with van der Waals surface area (Å²) in [5.74, 6) is 0.355. The van der Waals surface area contributed by atoms with Gasteiger partial charge in [0, 0.05) is 29.2 Å². The van der Waals surface area contributed by atoms with E-state index in [1.54, 1.807) is 11.3 Å². The van der Waals surface area contributed by atoms with Gasteiger partial charge in [-0.05, 0) is 44.2 Å². The Morgan fingerprint density at radius 3 is 2.89 bits per heavy atom. The third-order valence-electron chi connectivity index (χ3n) is 3.46. The lowest BCUT2D eigenvalue weighted by atomic mass is 10.0. The second-order valence-corrected chi connectivity index (χ2v) is 6.22. The molecule has 0 amide bonds. The SMILES string of the molecule is CCc1ccc(CC(=O)CCC2CCCCO2)s1. The van der Waals surface area contributed by atoms with Gasteiger partial charge >= 0.3 is 0 Å². The van der Waals surface area contributed by atoms with Crippen LogP contribution in [0.5, 0.6) is 0 Å². The molecule has 0 spiro atoms. The third kappa shape index (κ3) is 4.21. The molecule has 0 aliphatic carbocycles. The minimum absolute atomic E-state index is 0.331. The zero-order valence-corrected chi connectivity index (χ0v) is 11.9. The van der Waals surface area contributed by atoms with Crippen LogP contribution in [0.2, 0.25) is 0 Å². The van der Waals surface area contributed by atoms with Gasteiger partial charge in [-0.2, -0.15) is 0 Å². The Bertz CT molecular complexity index is 378. The van der Waals surface area contributed by atoms with E-state index in [0.29, 0.717) is 24.7 Å². The van der Waals surface area contributed by atoms with Crippen LogP contribution in [0.1, 0.15) is 48.8 Å². The number of carbonyl (C=O) groups excluding carboxylic acids is 1. The number of hydrogen-bond donors (Lipinski definition) is 0. The number of hydrogen-bond acceptors (Lipinski definition) is 3. The molecule has 1 aliphatic rings. The molecule has 1 fully saturated rings. The van der Waals surface area contributed by atoms with Crippen molar-refractivity contribution in [1.82, 2.24) is 0 Å². The lowest BCUT2D eigenvalue weighted by Crippen LogP contribution is -2.20. The van der Waals surface area contributed by atoms with E-state index in [2.05, 4.69) is 19.1 Å². The predicted molar refractivity (Wildman–Crippen MR) is 75.2 cm³/mol. The normalized spacial score (nSPS) is 19.9. The van der Waals surface area contributed by atoms with E-state index in [0.717, 1.165) is 25.9 Å². The van der Waals surface area contributed by atoms with Gasteiger partial charge in [-0.1, -0.05) is 6.92 Å². The first-order valence-electron chi connectivity index (χ1n) is 6.99. The van der Waals surface area contributed by atoms with Crippen molar-refractivity contribution < 1.29 is 9.53 Å². The minimum Gasteiger partial charge on any atom is -0.378 e. The van der Waals surface area contributed by atoms with E-state index in [-0.39, 0.29) is 0 Å². The van der Waals surface area contributed by atoms with Gasteiger partial charge in [-0.25, -0.2) is 0 Å². The molecule has 2 rings (SSSR count). The fourth-order valence-corrected chi connectivity index (χ4v) is 3.33. The number of Topliss-reactive ketones (excluding diaryl/α,β-unsaturated/α-hetero) is 1. The molecule has 2 heterocycles. The summed E-state index contributed by atoms with van der Waals surface area (Å²) in [4.78, 5) is 14.5. The Morgan fingerprint density at radius 1 is 1.39 bits per heavy atom. The molecule has 1 atom stereocenters. The van der Waals surface area contributed by atoms with Gasteiger partial charge in [-0.15, -0.1) is 11.3 Å². The van der Waals surface area contributed by atoms with Gasteiger partial charge in [-0.3, -0.25) is 4.79 Å². The summed E-state index contributed by atoms with van der Waals surface area (Å²) in [6, 6.07) is 4.23. The molecule has 0 bridgehead atoms. The van der Waals surface area contributed by atoms with Crippen molar-refractivity contribution in [2.45, 2.75) is 58.0 Å². The van der Waals surface area contributed by atoms with Gasteiger partial charge in [0.2, 0.25) is 0 Å². The van der Waals surface area contributed by atoms with E-state index in [4.69, 9.17) is 4.74 Å². The molecule has 0 saturated carbocycles. The molecule has 3 heteroatoms. The molecule has 1 aromatic rings. The van der Waals surface area contributed by atoms with Gasteiger partial charge in [0.05, 0.1) is 6.10 Å². The molecule has 2 nitrogen and oxygen atoms in total. The average molecular weight is 266 g/mol. The molecule has 1 aromatic heterocycles. The summed E-state index contributed by atoms with van der Waals surface area (Å²) in [7, 11) is 0. The van der Waals surface area contributed by atoms with Gasteiger partial charge in [0.1, 0.15) is 5.78 Å². The molecular weight excluding hydrogens is 244 g/mol. The predicted octanol–water partition coefficient (Wildman–Crippen LogP) is 3.77. The van der Waals surface area contributed by atoms with Crippen LogP contribution in [-0.2, 0) is 22.4 Å². The van der Waals surface area contributed by atoms with Gasteiger partial charge in [0.25, 0.3) is 0 Å². The molecular formula is C15H22O2S. The van der Waals surface area contributed by atoms with Crippen molar-refractivity contribution >= 4 is 17.1 Å². The largest absolute Gasteiger partial charge is 0.378 e. The zero-order valence-electron chi connectivity index (χ0n) is 11.1. The van der Waals surface area contributed by atoms with Crippen molar-refractivity contribution in [3.63, 3.8) is 0 Å². The van der Waals surface area contributed by atoms with E-state index >= 15 is 0 Å². The van der Waals surface area contributed by atoms with Crippen LogP contribution in [-0.4, -0.2) is 18.5 Å². The second-order valence-electron chi connectivity index (χ2n) is 4.96. The zero-order chi connectivity index (χ0) is 12.8. The van der Waals surface area contributed by atoms with Crippen molar-refractivity contribution in [1.29, 1.82) is 0 Å². The quantitative estimate of drug-likeness (QED) is 0.783. The Labute approximate surface area is 113 Å². The molecule has 18 heavy (non-hydrogen) atoms. The monoisotopic (exact) mass is 266 g/mol. The lowest BCUT2D eigenvalue weighted by molar-refractivity contribution is -0.119. The van der Waals surface area contributed by atoms with Crippen LogP contribution in [0.15, 0.2) is 12.1 Å². The molecule has 100 valence electrons. The number of thiophene rings is 1. The Hall–Kier alpha value is -0.670. The molecule has 1 aliphatic heterocycles. The van der Waals surface area contributed by atoms with E-state index in [9.17, 15) is 4.79 Å². The first-order valence-corrected chi connectivity index (χ1v) is 7.80. The third-order valence-corrected chi connectivity index (χ3v) is 4.69. The van der Waals surface area contributed by atoms with Crippen LogP contribution in [0.4, 0.5) is 0 Å². The lowest BCUT2D eigenvalue weighted by Gasteiger charge is -2.22. The van der Waals surface area contributed by atoms with Crippen molar-refractivity contribution in [3.05, 3.63) is 21.9 Å². The number of aryl methyl sites for hydroxylation is 1. The van der Waals surface area contributed by atoms with Crippen LogP contribution in [0, 0.1) is 0 Å². The van der Waals surface area contributed by atoms with Crippen LogP contribution < -0.4 is 0 Å². The van der Waals surface area contributed by atoms with Crippen molar-refractivity contribution in [3.8, 4) is 0 Å². The smallest absolute Gasteiger partial charge is 0.138 e. The minimum atomic E-state index is 0.331. The fourth-order valence-electron chi connectivity index (χ4n) is 2.35. The highest BCUT2D eigenvalue weighted by molar-refractivity contribution is 7.12. The summed E-state index contributed by atoms with van der Waals surface area (Å²) < 4.78 is 5.65. The number of rotatable bonds is 6. The van der Waals surface area contributed by atoms with E-state index in [1.807, 2.05) is 0 Å². The Balaban J connectivity index is 1.71. The summed E-state index contributed by atoms with van der Waals surface area (Å²) in [5, 5.41) is 0. The highest BCUT2D eigenvalue weighted by Gasteiger charge is 2.15. The van der Waals surface area contributed by atoms with E-state index < -0.39 is 0 Å². The molecule has 0 aromatic carbocycles. The summed E-state index contributed by atoms with van der Waals surface area (Å²) in [5.41, 5.74) is 0. The molecule has 1 saturated heterocycles. The van der Waals surface area contributed by atoms with Crippen molar-refractivity contribution in [2.24, 2.45) is 0 Å². The first kappa shape index (κ1) is 13.8. The summed E-state index contributed by atoms with van der Waals surface area (Å²) in [6.07, 6.45) is 7.15. The standard InChI is InChI=1S/C15H22O2S/c1-2-14-8-9-15(18-14)11-12(16)6-7-13-5-3-4-10-17-13/h8-9,13H,2-7,10-11H2,1H3. The molecule has 0 N–H and O–H groups in total. The van der Waals surface area contributed by atoms with Crippen LogP contribution in [0.3, 0.4) is 0 Å². The highest BCUT2D eigenvalue weighted by atomic mass is 32.1. The van der Waals surface area contributed by atoms with Crippen molar-refractivity contribution in [2.75, 3.05) is 6.61 Å². The van der Waals surface area contributed by atoms with Crippen LogP contribution in [0.25, 0.3) is 0 Å². The fraction of sp³-hybridized carbons (Fsp3) is 0.667. The van der Waals surface area contributed by atoms with Gasteiger partial charge < -0.3 is 4.74 Å². The molecule has 0 radical (unpaired) electrons. The summed E-state index contributed by atoms with van der Waals surface area (Å²) >= 11 is 1.77. The topological polar surface area (TPSA) is 26.3 Å². The number of carbonyl (C=O) groups is 1. The Morgan fingerprint density at radius 2 is 2.22 bits per heavy atom. The summed E-state index contributed by atoms with van der Waals surface area (Å²) in [6.45, 7) is 3.03. The number of ether oxygens (including phenoxy) is 1. The Kier molecular flexibility index (Phi) is 5.39. The maximum atomic E-state index is 11.9. The maximum absolute atomic E-state index is 11.9. The number of ketones is 1. The first-order chi connectivity index (χ1) is 8.78. The average Bonchev–Trinajstić information content (AvgIpc) is 2.85. The molecule has 1 unspecified atom stereocenters. The maximum Gasteiger partial charge on any atom is 0.138 e. The highest BCUT2D eigenvalue weighted by Crippen LogP contribution is 2.20. The van der Waals surface area contributed by atoms with E-state index in [1.165, 1.54) is 22.6 Å². The van der Waals surface area contributed by atoms with Crippen LogP contribution >= 0.6 is 11.3 Å². The second kappa shape index (κ2) is 7.05.